The van der Waals surface area contributed by atoms with Gasteiger partial charge in [-0.05, 0) is 89.0 Å². The van der Waals surface area contributed by atoms with Gasteiger partial charge in [0.2, 0.25) is 35.4 Å². The molecule has 0 aliphatic heterocycles. The van der Waals surface area contributed by atoms with Crippen LogP contribution in [0, 0.1) is 0 Å². The van der Waals surface area contributed by atoms with Gasteiger partial charge in [0.15, 0.2) is 6.04 Å². The Morgan fingerprint density at radius 1 is 0.583 bits per heavy atom. The molecule has 60 heavy (non-hydrogen) atoms. The molecule has 0 heterocycles. The molecule has 11 N–H and O–H groups in total. The average Bonchev–Trinajstić information content (AvgIpc) is 3.07. The van der Waals surface area contributed by atoms with E-state index in [2.05, 4.69) is 31.9 Å². The third-order valence-electron chi connectivity index (χ3n) is 7.26. The number of hydrogen-bond acceptors (Lipinski definition) is 15. The summed E-state index contributed by atoms with van der Waals surface area (Å²) in [5.74, 6) is -9.25. The number of rotatable bonds is 22. The number of aliphatic hydroxyl groups is 1. The van der Waals surface area contributed by atoms with Gasteiger partial charge < -0.3 is 67.4 Å². The predicted octanol–water partition coefficient (Wildman–Crippen LogP) is -2.26. The van der Waals surface area contributed by atoms with Crippen molar-refractivity contribution in [1.29, 1.82) is 0 Å². The molecule has 0 aliphatic rings. The molecule has 6 atom stereocenters. The zero-order valence-corrected chi connectivity index (χ0v) is 36.2. The Balaban J connectivity index is 6.36. The maximum atomic E-state index is 13.8. The van der Waals surface area contributed by atoms with Gasteiger partial charge in [0.1, 0.15) is 41.0 Å². The maximum absolute atomic E-state index is 13.8. The molecule has 0 saturated heterocycles. The van der Waals surface area contributed by atoms with E-state index in [4.69, 9.17) is 19.9 Å². The van der Waals surface area contributed by atoms with Gasteiger partial charge in [-0.25, -0.2) is 9.59 Å². The van der Waals surface area contributed by atoms with Gasteiger partial charge in [0.05, 0.1) is 32.0 Å². The van der Waals surface area contributed by atoms with E-state index in [-0.39, 0.29) is 19.4 Å². The minimum absolute atomic E-state index is 0.0320. The number of aliphatic carboxylic acids is 1. The summed E-state index contributed by atoms with van der Waals surface area (Å²) in [6.07, 6.45) is -3.84. The molecule has 0 saturated carbocycles. The number of carboxylic acids is 1. The molecule has 23 heteroatoms. The molecule has 0 bridgehead atoms. The quantitative estimate of drug-likeness (QED) is 0.0312. The molecule has 0 unspecified atom stereocenters. The first-order chi connectivity index (χ1) is 27.3. The molecule has 0 radical (unpaired) electrons. The van der Waals surface area contributed by atoms with E-state index < -0.39 is 138 Å². The van der Waals surface area contributed by atoms with Crippen LogP contribution in [0.25, 0.3) is 0 Å². The topological polar surface area (TPSA) is 349 Å². The van der Waals surface area contributed by atoms with E-state index in [0.717, 1.165) is 6.92 Å². The molecule has 7 amide bonds. The Hall–Kier alpha value is -5.58. The largest absolute Gasteiger partial charge is 0.480 e. The van der Waals surface area contributed by atoms with Gasteiger partial charge in [0, 0.05) is 6.54 Å². The molecule has 0 fully saturated rings. The van der Waals surface area contributed by atoms with Crippen LogP contribution in [-0.4, -0.2) is 142 Å². The number of ether oxygens (including phenoxy) is 3. The normalized spacial score (nSPS) is 14.6. The van der Waals surface area contributed by atoms with Crippen LogP contribution >= 0.6 is 0 Å². The smallest absolute Gasteiger partial charge is 0.407 e. The molecule has 0 aromatic heterocycles. The average molecular weight is 861 g/mol. The zero-order valence-electron chi connectivity index (χ0n) is 36.2. The van der Waals surface area contributed by atoms with E-state index in [1.807, 2.05) is 5.32 Å². The van der Waals surface area contributed by atoms with E-state index >= 15 is 0 Å². The highest BCUT2D eigenvalue weighted by molar-refractivity contribution is 5.98. The number of carboxylic acid groups (broad SMARTS) is 1. The predicted molar refractivity (Wildman–Crippen MR) is 211 cm³/mol. The highest BCUT2D eigenvalue weighted by Gasteiger charge is 2.34. The fraction of sp³-hybridized carbons (Fsp3) is 0.730. The molecular formula is C37H64N8O15. The summed E-state index contributed by atoms with van der Waals surface area (Å²) in [6, 6.07) is -7.93. The number of carbonyl (C=O) groups excluding carboxylic acids is 9. The van der Waals surface area contributed by atoms with Crippen LogP contribution in [0.2, 0.25) is 0 Å². The highest BCUT2D eigenvalue weighted by atomic mass is 16.6. The number of carbonyl (C=O) groups is 10. The third-order valence-corrected chi connectivity index (χ3v) is 7.26. The summed E-state index contributed by atoms with van der Waals surface area (Å²) in [5, 5.41) is 35.0. The number of hydrogen-bond donors (Lipinski definition) is 10. The van der Waals surface area contributed by atoms with E-state index in [0.29, 0.717) is 0 Å². The minimum Gasteiger partial charge on any atom is -0.480 e. The minimum atomic E-state index is -1.75. The van der Waals surface area contributed by atoms with Gasteiger partial charge in [-0.3, -0.25) is 38.4 Å². The molecule has 0 aliphatic carbocycles. The Bertz CT molecular complexity index is 1550. The molecule has 0 aromatic rings. The van der Waals surface area contributed by atoms with Crippen LogP contribution in [0.3, 0.4) is 0 Å². The number of amides is 7. The van der Waals surface area contributed by atoms with Crippen molar-refractivity contribution >= 4 is 59.4 Å². The zero-order chi connectivity index (χ0) is 46.8. The number of alkyl carbamates (subject to hydrolysis) is 1. The molecule has 342 valence electrons. The Kier molecular flexibility index (Phi) is 22.2. The number of nitrogens with two attached hydrogens (primary N) is 1. The van der Waals surface area contributed by atoms with Crippen molar-refractivity contribution in [2.24, 2.45) is 5.73 Å². The van der Waals surface area contributed by atoms with Crippen molar-refractivity contribution in [3.8, 4) is 0 Å². The monoisotopic (exact) mass is 860 g/mol. The number of esters is 2. The lowest BCUT2D eigenvalue weighted by Gasteiger charge is -2.26. The highest BCUT2D eigenvalue weighted by Crippen LogP contribution is 2.12. The second-order valence-electron chi connectivity index (χ2n) is 16.7. The molecule has 0 aromatic carbocycles. The lowest BCUT2D eigenvalue weighted by atomic mass is 10.1. The van der Waals surface area contributed by atoms with Gasteiger partial charge in [-0.2, -0.15) is 0 Å². The van der Waals surface area contributed by atoms with E-state index in [1.54, 1.807) is 62.3 Å². The number of nitrogens with one attached hydrogen (secondary N) is 7. The summed E-state index contributed by atoms with van der Waals surface area (Å²) in [5.41, 5.74) is 2.59. The second-order valence-corrected chi connectivity index (χ2v) is 16.7. The summed E-state index contributed by atoms with van der Waals surface area (Å²) in [4.78, 5) is 127. The molecule has 0 rings (SSSR count). The SMILES string of the molecule is C[C@@H](NC(=O)[C@H](CC(=O)OC(C)(C)C)NC(=O)CN)C(=O)N[C@@H](CC(=O)OC(C)(C)C)C(=O)N[C@@H](CCCNC(=O)OC(C)(C)C)C(=O)NCC(=O)N[C@H](C(=O)O)[C@@H](C)O. The number of aliphatic hydroxyl groups excluding tert-OH is 1. The molecule has 0 spiro atoms. The van der Waals surface area contributed by atoms with Gasteiger partial charge >= 0.3 is 24.0 Å². The van der Waals surface area contributed by atoms with E-state index in [9.17, 15) is 58.2 Å². The fourth-order valence-corrected chi connectivity index (χ4v) is 4.70. The first kappa shape index (κ1) is 54.4. The van der Waals surface area contributed by atoms with Crippen molar-refractivity contribution in [3.63, 3.8) is 0 Å². The van der Waals surface area contributed by atoms with E-state index in [1.165, 1.54) is 6.92 Å². The summed E-state index contributed by atoms with van der Waals surface area (Å²) in [6.45, 7) is 15.3. The maximum Gasteiger partial charge on any atom is 0.407 e. The third kappa shape index (κ3) is 24.4. The summed E-state index contributed by atoms with van der Waals surface area (Å²) < 4.78 is 15.7. The lowest BCUT2D eigenvalue weighted by molar-refractivity contribution is -0.157. The van der Waals surface area contributed by atoms with Gasteiger partial charge in [-0.1, -0.05) is 0 Å². The fourth-order valence-electron chi connectivity index (χ4n) is 4.70. The van der Waals surface area contributed by atoms with Crippen LogP contribution in [0.5, 0.6) is 0 Å². The Morgan fingerprint density at radius 3 is 1.50 bits per heavy atom. The van der Waals surface area contributed by atoms with Crippen LogP contribution in [-0.2, 0) is 57.4 Å². The lowest BCUT2D eigenvalue weighted by Crippen LogP contribution is -2.59. The summed E-state index contributed by atoms with van der Waals surface area (Å²) >= 11 is 0. The van der Waals surface area contributed by atoms with Gasteiger partial charge in [0.25, 0.3) is 0 Å². The van der Waals surface area contributed by atoms with Crippen molar-refractivity contribution in [2.75, 3.05) is 19.6 Å². The van der Waals surface area contributed by atoms with Gasteiger partial charge in [-0.15, -0.1) is 0 Å². The summed E-state index contributed by atoms with van der Waals surface area (Å²) in [7, 11) is 0. The van der Waals surface area contributed by atoms with Crippen molar-refractivity contribution in [3.05, 3.63) is 0 Å². The van der Waals surface area contributed by atoms with Crippen molar-refractivity contribution in [2.45, 2.75) is 155 Å². The second kappa shape index (κ2) is 24.5. The standard InChI is InChI=1S/C37H64N8O15/c1-19(41-31(53)22(42-24(47)17-38)15-26(49)58-35(3,4)5)29(51)44-23(16-27(50)59-36(6,7)8)32(54)43-21(13-12-14-39-34(57)60-37(9,10)11)30(52)40-18-25(48)45-28(20(2)46)33(55)56/h19-23,28,46H,12-18,38H2,1-11H3,(H,39,57)(H,40,52)(H,41,53)(H,42,47)(H,43,54)(H,44,51)(H,45,48)(H,55,56)/t19-,20-,21+,22+,23+,28+/m1/s1. The van der Waals surface area contributed by atoms with Crippen molar-refractivity contribution < 1.29 is 72.4 Å². The van der Waals surface area contributed by atoms with Crippen LogP contribution in [0.15, 0.2) is 0 Å². The van der Waals surface area contributed by atoms with Crippen LogP contribution in [0.1, 0.15) is 102 Å². The molecular weight excluding hydrogens is 796 g/mol. The first-order valence-electron chi connectivity index (χ1n) is 19.1. The molecule has 23 nitrogen and oxygen atoms in total. The first-order valence-corrected chi connectivity index (χ1v) is 19.1. The Morgan fingerprint density at radius 2 is 1.05 bits per heavy atom. The van der Waals surface area contributed by atoms with Crippen LogP contribution < -0.4 is 43.0 Å². The van der Waals surface area contributed by atoms with Crippen molar-refractivity contribution in [1.82, 2.24) is 37.2 Å². The van der Waals surface area contributed by atoms with Crippen LogP contribution in [0.4, 0.5) is 4.79 Å². The Labute approximate surface area is 349 Å².